The van der Waals surface area contributed by atoms with Gasteiger partial charge in [0, 0.05) is 6.54 Å². The van der Waals surface area contributed by atoms with Crippen molar-refractivity contribution in [3.63, 3.8) is 0 Å². The molecule has 4 nitrogen and oxygen atoms in total. The Labute approximate surface area is 113 Å². The van der Waals surface area contributed by atoms with E-state index in [2.05, 4.69) is 0 Å². The first-order valence-corrected chi connectivity index (χ1v) is 6.91. The van der Waals surface area contributed by atoms with Crippen LogP contribution in [-0.4, -0.2) is 29.8 Å². The number of fused-ring (bicyclic) bond motifs is 1. The summed E-state index contributed by atoms with van der Waals surface area (Å²) in [6, 6.07) is 7.02. The molecule has 19 heavy (non-hydrogen) atoms. The molecular weight excluding hydrogens is 240 g/mol. The lowest BCUT2D eigenvalue weighted by Crippen LogP contribution is -2.30. The van der Waals surface area contributed by atoms with Gasteiger partial charge in [0.25, 0.3) is 11.8 Å². The number of rotatable bonds is 7. The molecule has 0 atom stereocenters. The fourth-order valence-corrected chi connectivity index (χ4v) is 2.39. The third-order valence-corrected chi connectivity index (χ3v) is 3.46. The molecule has 0 aromatic heterocycles. The highest BCUT2D eigenvalue weighted by molar-refractivity contribution is 6.21. The second-order valence-electron chi connectivity index (χ2n) is 4.86. The summed E-state index contributed by atoms with van der Waals surface area (Å²) in [5, 5.41) is 0. The number of unbranched alkanes of at least 4 members (excludes halogenated alkanes) is 4. The smallest absolute Gasteiger partial charge is 0.261 e. The van der Waals surface area contributed by atoms with E-state index in [9.17, 15) is 9.59 Å². The van der Waals surface area contributed by atoms with Crippen LogP contribution < -0.4 is 5.73 Å². The van der Waals surface area contributed by atoms with Crippen molar-refractivity contribution in [1.29, 1.82) is 0 Å². The first-order chi connectivity index (χ1) is 9.25. The highest BCUT2D eigenvalue weighted by atomic mass is 16.2. The molecule has 1 aromatic rings. The Morgan fingerprint density at radius 3 is 1.95 bits per heavy atom. The van der Waals surface area contributed by atoms with E-state index >= 15 is 0 Å². The summed E-state index contributed by atoms with van der Waals surface area (Å²) in [6.07, 6.45) is 5.19. The number of imide groups is 1. The van der Waals surface area contributed by atoms with Gasteiger partial charge < -0.3 is 5.73 Å². The Bertz CT molecular complexity index is 436. The van der Waals surface area contributed by atoms with Gasteiger partial charge in [0.2, 0.25) is 0 Å². The number of nitrogens with two attached hydrogens (primary N) is 1. The van der Waals surface area contributed by atoms with E-state index in [-0.39, 0.29) is 11.8 Å². The maximum atomic E-state index is 12.1. The van der Waals surface area contributed by atoms with Crippen molar-refractivity contribution in [3.8, 4) is 0 Å². The van der Waals surface area contributed by atoms with Crippen LogP contribution in [0.15, 0.2) is 24.3 Å². The van der Waals surface area contributed by atoms with Gasteiger partial charge in [-0.25, -0.2) is 0 Å². The molecule has 4 heteroatoms. The summed E-state index contributed by atoms with van der Waals surface area (Å²) in [5.41, 5.74) is 6.51. The summed E-state index contributed by atoms with van der Waals surface area (Å²) in [6.45, 7) is 1.26. The van der Waals surface area contributed by atoms with Crippen LogP contribution in [0, 0.1) is 0 Å². The van der Waals surface area contributed by atoms with Crippen LogP contribution >= 0.6 is 0 Å². The molecule has 1 aliphatic rings. The van der Waals surface area contributed by atoms with E-state index in [1.807, 2.05) is 0 Å². The second kappa shape index (κ2) is 6.48. The molecule has 0 aliphatic carbocycles. The molecule has 0 bridgehead atoms. The van der Waals surface area contributed by atoms with Gasteiger partial charge in [-0.2, -0.15) is 0 Å². The lowest BCUT2D eigenvalue weighted by molar-refractivity contribution is 0.0651. The predicted octanol–water partition coefficient (Wildman–Crippen LogP) is 2.19. The molecule has 2 rings (SSSR count). The van der Waals surface area contributed by atoms with Crippen LogP contribution in [0.5, 0.6) is 0 Å². The monoisotopic (exact) mass is 260 g/mol. The third kappa shape index (κ3) is 3.01. The summed E-state index contributed by atoms with van der Waals surface area (Å²) >= 11 is 0. The zero-order valence-corrected chi connectivity index (χ0v) is 11.1. The second-order valence-corrected chi connectivity index (χ2v) is 4.86. The standard InChI is InChI=1S/C15H20N2O2/c16-10-6-2-1-3-7-11-17-14(18)12-8-4-5-9-13(12)15(17)19/h4-5,8-9H,1-3,6-7,10-11,16H2. The fraction of sp³-hybridized carbons (Fsp3) is 0.467. The van der Waals surface area contributed by atoms with Crippen molar-refractivity contribution in [2.24, 2.45) is 5.73 Å². The molecule has 2 N–H and O–H groups in total. The quantitative estimate of drug-likeness (QED) is 0.604. The minimum absolute atomic E-state index is 0.150. The molecule has 0 saturated carbocycles. The maximum absolute atomic E-state index is 12.1. The number of amides is 2. The van der Waals surface area contributed by atoms with Crippen LogP contribution in [0.1, 0.15) is 52.8 Å². The van der Waals surface area contributed by atoms with Crippen molar-refractivity contribution < 1.29 is 9.59 Å². The maximum Gasteiger partial charge on any atom is 0.261 e. The van der Waals surface area contributed by atoms with Gasteiger partial charge in [0.05, 0.1) is 11.1 Å². The first-order valence-electron chi connectivity index (χ1n) is 6.91. The third-order valence-electron chi connectivity index (χ3n) is 3.46. The minimum Gasteiger partial charge on any atom is -0.330 e. The molecule has 1 heterocycles. The Hall–Kier alpha value is -1.68. The molecule has 1 aliphatic heterocycles. The number of nitrogens with zero attached hydrogens (tertiary/aromatic N) is 1. The number of hydrogen-bond acceptors (Lipinski definition) is 3. The van der Waals surface area contributed by atoms with Gasteiger partial charge in [0.1, 0.15) is 0 Å². The van der Waals surface area contributed by atoms with Crippen LogP contribution in [0.25, 0.3) is 0 Å². The minimum atomic E-state index is -0.150. The van der Waals surface area contributed by atoms with Gasteiger partial charge in [0.15, 0.2) is 0 Å². The normalized spacial score (nSPS) is 14.1. The molecule has 1 aromatic carbocycles. The lowest BCUT2D eigenvalue weighted by Gasteiger charge is -2.13. The Morgan fingerprint density at radius 1 is 0.842 bits per heavy atom. The summed E-state index contributed by atoms with van der Waals surface area (Å²) in [4.78, 5) is 25.5. The Morgan fingerprint density at radius 2 is 1.37 bits per heavy atom. The molecule has 2 amide bonds. The van der Waals surface area contributed by atoms with E-state index in [0.717, 1.165) is 38.6 Å². The SMILES string of the molecule is NCCCCCCCN1C(=O)c2ccccc2C1=O. The topological polar surface area (TPSA) is 63.4 Å². The van der Waals surface area contributed by atoms with Crippen molar-refractivity contribution >= 4 is 11.8 Å². The van der Waals surface area contributed by atoms with Gasteiger partial charge in [-0.15, -0.1) is 0 Å². The van der Waals surface area contributed by atoms with Crippen molar-refractivity contribution in [1.82, 2.24) is 4.90 Å². The van der Waals surface area contributed by atoms with E-state index in [1.165, 1.54) is 4.90 Å². The van der Waals surface area contributed by atoms with E-state index in [0.29, 0.717) is 17.7 Å². The molecule has 0 saturated heterocycles. The van der Waals surface area contributed by atoms with Crippen molar-refractivity contribution in [2.45, 2.75) is 32.1 Å². The lowest BCUT2D eigenvalue weighted by atomic mass is 10.1. The molecule has 0 radical (unpaired) electrons. The van der Waals surface area contributed by atoms with E-state index in [4.69, 9.17) is 5.73 Å². The predicted molar refractivity (Wildman–Crippen MR) is 73.9 cm³/mol. The zero-order valence-electron chi connectivity index (χ0n) is 11.1. The summed E-state index contributed by atoms with van der Waals surface area (Å²) in [7, 11) is 0. The fourth-order valence-electron chi connectivity index (χ4n) is 2.39. The summed E-state index contributed by atoms with van der Waals surface area (Å²) in [5.74, 6) is -0.301. The van der Waals surface area contributed by atoms with Crippen molar-refractivity contribution in [2.75, 3.05) is 13.1 Å². The largest absolute Gasteiger partial charge is 0.330 e. The zero-order chi connectivity index (χ0) is 13.7. The molecule has 0 unspecified atom stereocenters. The molecular formula is C15H20N2O2. The number of carbonyl (C=O) groups is 2. The summed E-state index contributed by atoms with van der Waals surface area (Å²) < 4.78 is 0. The number of benzene rings is 1. The average molecular weight is 260 g/mol. The van der Waals surface area contributed by atoms with Gasteiger partial charge >= 0.3 is 0 Å². The van der Waals surface area contributed by atoms with Crippen molar-refractivity contribution in [3.05, 3.63) is 35.4 Å². The van der Waals surface area contributed by atoms with Gasteiger partial charge in [-0.1, -0.05) is 31.4 Å². The number of hydrogen-bond donors (Lipinski definition) is 1. The highest BCUT2D eigenvalue weighted by Crippen LogP contribution is 2.22. The average Bonchev–Trinajstić information content (AvgIpc) is 2.68. The van der Waals surface area contributed by atoms with E-state index < -0.39 is 0 Å². The molecule has 102 valence electrons. The van der Waals surface area contributed by atoms with Crippen LogP contribution in [0.4, 0.5) is 0 Å². The van der Waals surface area contributed by atoms with Gasteiger partial charge in [-0.3, -0.25) is 14.5 Å². The number of carbonyl (C=O) groups excluding carboxylic acids is 2. The van der Waals surface area contributed by atoms with E-state index in [1.54, 1.807) is 24.3 Å². The van der Waals surface area contributed by atoms with Crippen LogP contribution in [0.3, 0.4) is 0 Å². The van der Waals surface area contributed by atoms with Gasteiger partial charge in [-0.05, 0) is 31.5 Å². The Balaban J connectivity index is 1.83. The highest BCUT2D eigenvalue weighted by Gasteiger charge is 2.34. The molecule has 0 fully saturated rings. The Kier molecular flexibility index (Phi) is 4.68. The molecule has 0 spiro atoms. The first kappa shape index (κ1) is 13.7. The van der Waals surface area contributed by atoms with Crippen LogP contribution in [-0.2, 0) is 0 Å². The van der Waals surface area contributed by atoms with Crippen LogP contribution in [0.2, 0.25) is 0 Å².